The molecule has 9 heterocycles. The number of carboxylic acids is 3. The van der Waals surface area contributed by atoms with Crippen molar-refractivity contribution in [3.05, 3.63) is 310 Å². The standard InChI is InChI=1S/C38H40Cl2N4O4.C37H38Cl2N4O4.C36H36Cl2N4O4/c1-20-17-28(18-21(2)34(20)40)48-16-8-9-29-30-14-15-31(39)33(32-22(3)41-42(7)25(32)6)35(30)44-24(5)23(4)43(37(45)36(29)44)19-26-10-12-27(13-11-26)38(46)47;1-20-16-27(17-21(2)33(20)39)47-15-7-8-28-29-13-14-30(38)32(31-23(4)40-41(6)24(31)5)34(29)43-18-22(3)42(36(44)35(28)43)19-25-9-11-26(12-10-25)37(45)46;1-20-16-26(17-21(2)32(20)38)46-15-7-10-27-28-11-12-29(37)31(30-22(3)39-40(5)23(30)4)33(28)42-14-13-41(35(43)34(27)42)19-24-8-6-9-25(18-24)36(44)45/h10-15,17-18,23-24H,8-9,16,19H2,1-7H3,(H,46,47);9-14,16-17,22H,7-8,15,18-19H2,1-6H3,(H,45,46);6,8-9,11-12,16-18H,7,10,13-15,19H2,1-5H3,(H,44,45)/t23-,24?;22-;/m10./s1. The van der Waals surface area contributed by atoms with Gasteiger partial charge in [-0.05, 0) is 300 Å². The van der Waals surface area contributed by atoms with E-state index in [-0.39, 0.29) is 52.5 Å². The topological polar surface area (TPSA) is 269 Å². The number of carboxylic acid groups (broad SMARTS) is 3. The van der Waals surface area contributed by atoms with E-state index in [1.165, 1.54) is 0 Å². The van der Waals surface area contributed by atoms with Gasteiger partial charge in [0.2, 0.25) is 0 Å². The summed E-state index contributed by atoms with van der Waals surface area (Å²) < 4.78 is 30.5. The fraction of sp³-hybridized carbons (Fsp3) is 0.324. The van der Waals surface area contributed by atoms with Crippen molar-refractivity contribution in [3.63, 3.8) is 0 Å². The van der Waals surface area contributed by atoms with Crippen LogP contribution in [0, 0.1) is 83.1 Å². The van der Waals surface area contributed by atoms with Gasteiger partial charge in [0.25, 0.3) is 17.7 Å². The van der Waals surface area contributed by atoms with Crippen LogP contribution in [0.15, 0.2) is 146 Å². The maximum Gasteiger partial charge on any atom is 0.335 e. The summed E-state index contributed by atoms with van der Waals surface area (Å²) in [6.07, 6.45) is 3.91. The van der Waals surface area contributed by atoms with E-state index in [2.05, 4.69) is 37.7 Å². The van der Waals surface area contributed by atoms with Crippen molar-refractivity contribution < 1.29 is 58.3 Å². The fourth-order valence-electron chi connectivity index (χ4n) is 20.6. The van der Waals surface area contributed by atoms with Crippen molar-refractivity contribution in [1.82, 2.24) is 57.7 Å². The summed E-state index contributed by atoms with van der Waals surface area (Å²) in [6, 6.07) is 43.4. The van der Waals surface area contributed by atoms with Gasteiger partial charge in [0.15, 0.2) is 0 Å². The van der Waals surface area contributed by atoms with Crippen LogP contribution < -0.4 is 14.2 Å². The molecule has 15 aromatic rings. The number of nitrogens with zero attached hydrogens (tertiary/aromatic N) is 12. The number of fused-ring (bicyclic) bond motifs is 9. The van der Waals surface area contributed by atoms with Crippen LogP contribution in [0.1, 0.15) is 210 Å². The number of hydrogen-bond donors (Lipinski definition) is 3. The lowest BCUT2D eigenvalue weighted by molar-refractivity contribution is 0.0542. The molecule has 0 saturated heterocycles. The molecule has 30 heteroatoms. The molecule has 3 aliphatic rings. The predicted octanol–water partition coefficient (Wildman–Crippen LogP) is 25.2. The zero-order valence-corrected chi connectivity index (χ0v) is 86.9. The third-order valence-corrected chi connectivity index (χ3v) is 30.8. The molecule has 0 fully saturated rings. The number of hydrogen-bond acceptors (Lipinski definition) is 12. The molecule has 0 aliphatic carbocycles. The molecule has 3 atom stereocenters. The zero-order chi connectivity index (χ0) is 101. The minimum absolute atomic E-state index is 0.0659. The van der Waals surface area contributed by atoms with Crippen LogP contribution in [0.5, 0.6) is 17.2 Å². The number of aromatic carboxylic acids is 3. The van der Waals surface area contributed by atoms with Crippen LogP contribution in [0.4, 0.5) is 0 Å². The Balaban J connectivity index is 0.000000152. The third-order valence-electron chi connectivity index (χ3n) is 28.0. The van der Waals surface area contributed by atoms with E-state index in [9.17, 15) is 44.1 Å². The molecule has 0 bridgehead atoms. The van der Waals surface area contributed by atoms with Gasteiger partial charge in [-0.15, -0.1) is 0 Å². The van der Waals surface area contributed by atoms with Crippen molar-refractivity contribution in [3.8, 4) is 50.6 Å². The lowest BCUT2D eigenvalue weighted by Crippen LogP contribution is -2.48. The number of carbonyl (C=O) groups is 6. The van der Waals surface area contributed by atoms with Crippen LogP contribution in [-0.2, 0) is 73.1 Å². The molecule has 1 unspecified atom stereocenters. The molecule has 6 aromatic heterocycles. The van der Waals surface area contributed by atoms with E-state index in [4.69, 9.17) is 88.9 Å². The zero-order valence-electron chi connectivity index (χ0n) is 82.3. The SMILES string of the molecule is Cc1cc(OCCCc2c3n(c4c(-c5c(C)nn(C)c5C)c(Cl)ccc24)C(C)[C@@H](C)N(Cc2ccc(C(=O)O)cc2)C3=O)cc(C)c1Cl.Cc1cc(OCCCc2c3n(c4c(-c5c(C)nn(C)c5C)c(Cl)ccc24)CCN(Cc2cccc(C(=O)O)c2)C3=O)cc(C)c1Cl.Cc1cc(OCCCc2c3n(c4c(-c5c(C)nn(C)c5C)c(Cl)ccc24)C[C@H](C)N(Cc2ccc(C(=O)O)cc2)C3=O)cc(C)c1Cl. The summed E-state index contributed by atoms with van der Waals surface area (Å²) >= 11 is 40.1. The average Bonchev–Trinajstić information content (AvgIpc) is 1.56. The minimum atomic E-state index is -0.995. The van der Waals surface area contributed by atoms with Gasteiger partial charge >= 0.3 is 17.9 Å². The molecule has 3 N–H and O–H groups in total. The fourth-order valence-corrected chi connectivity index (χ4v) is 21.7. The molecule has 3 aliphatic heterocycles. The normalized spacial score (nSPS) is 14.6. The molecule has 0 radical (unpaired) electrons. The van der Waals surface area contributed by atoms with Gasteiger partial charge in [-0.3, -0.25) is 28.4 Å². The third kappa shape index (κ3) is 19.7. The van der Waals surface area contributed by atoms with Crippen LogP contribution in [-0.4, -0.2) is 147 Å². The van der Waals surface area contributed by atoms with Crippen LogP contribution >= 0.6 is 69.6 Å². The molecular formula is C111H114Cl6N12O12. The van der Waals surface area contributed by atoms with E-state index in [1.807, 2.05) is 214 Å². The molecule has 0 spiro atoms. The van der Waals surface area contributed by atoms with Crippen molar-refractivity contribution in [2.24, 2.45) is 21.1 Å². The summed E-state index contributed by atoms with van der Waals surface area (Å²) in [5.41, 5.74) is 27.8. The van der Waals surface area contributed by atoms with Crippen LogP contribution in [0.25, 0.3) is 66.1 Å². The number of rotatable bonds is 27. The Morgan fingerprint density at radius 3 is 1.11 bits per heavy atom. The second-order valence-electron chi connectivity index (χ2n) is 37.5. The minimum Gasteiger partial charge on any atom is -0.494 e. The van der Waals surface area contributed by atoms with Crippen molar-refractivity contribution >= 4 is 138 Å². The molecule has 0 saturated carbocycles. The highest BCUT2D eigenvalue weighted by atomic mass is 35.5. The Morgan fingerprint density at radius 1 is 0.376 bits per heavy atom. The molecular weight excluding hydrogens is 1910 g/mol. The molecule has 24 nitrogen and oxygen atoms in total. The van der Waals surface area contributed by atoms with Crippen molar-refractivity contribution in [2.45, 2.75) is 193 Å². The summed E-state index contributed by atoms with van der Waals surface area (Å²) in [5, 5.41) is 49.3. The number of ether oxygens (including phenoxy) is 3. The Kier molecular flexibility index (Phi) is 29.7. The quantitative estimate of drug-likeness (QED) is 0.0404. The molecule has 3 amide bonds. The predicted molar refractivity (Wildman–Crippen MR) is 558 cm³/mol. The van der Waals surface area contributed by atoms with Gasteiger partial charge < -0.3 is 57.9 Å². The van der Waals surface area contributed by atoms with Crippen molar-refractivity contribution in [2.75, 3.05) is 26.4 Å². The Hall–Kier alpha value is -12.8. The molecule has 141 heavy (non-hydrogen) atoms. The number of aryl methyl sites for hydroxylation is 15. The lowest BCUT2D eigenvalue weighted by atomic mass is 9.98. The molecule has 18 rings (SSSR count). The summed E-state index contributed by atoms with van der Waals surface area (Å²) in [6.45, 7) is 34.2. The van der Waals surface area contributed by atoms with Gasteiger partial charge in [-0.25, -0.2) is 14.4 Å². The second-order valence-corrected chi connectivity index (χ2v) is 39.8. The van der Waals surface area contributed by atoms with Gasteiger partial charge in [-0.2, -0.15) is 15.3 Å². The number of halogens is 6. The first kappa shape index (κ1) is 101. The van der Waals surface area contributed by atoms with Crippen LogP contribution in [0.2, 0.25) is 30.1 Å². The maximum atomic E-state index is 14.7. The highest BCUT2D eigenvalue weighted by molar-refractivity contribution is 6.37. The van der Waals surface area contributed by atoms with Crippen LogP contribution in [0.3, 0.4) is 0 Å². The smallest absolute Gasteiger partial charge is 0.335 e. The number of aromatic nitrogens is 9. The van der Waals surface area contributed by atoms with E-state index in [1.54, 1.807) is 71.6 Å². The first-order chi connectivity index (χ1) is 67.1. The average molecular weight is 2020 g/mol. The second kappa shape index (κ2) is 41.4. The highest BCUT2D eigenvalue weighted by Gasteiger charge is 2.42. The summed E-state index contributed by atoms with van der Waals surface area (Å²) in [4.78, 5) is 83.6. The number of amides is 3. The Morgan fingerprint density at radius 2 is 0.730 bits per heavy atom. The van der Waals surface area contributed by atoms with E-state index in [0.29, 0.717) is 130 Å². The Labute approximate surface area is 849 Å². The maximum absolute atomic E-state index is 14.7. The summed E-state index contributed by atoms with van der Waals surface area (Å²) in [5.74, 6) is -0.869. The summed E-state index contributed by atoms with van der Waals surface area (Å²) in [7, 11) is 5.77. The van der Waals surface area contributed by atoms with E-state index < -0.39 is 17.9 Å². The molecule has 9 aromatic carbocycles. The van der Waals surface area contributed by atoms with Crippen molar-refractivity contribution in [1.29, 1.82) is 0 Å². The highest BCUT2D eigenvalue weighted by Crippen LogP contribution is 2.50. The first-order valence-electron chi connectivity index (χ1n) is 47.2. The molecule has 732 valence electrons. The van der Waals surface area contributed by atoms with Gasteiger partial charge in [0.05, 0.1) is 97.3 Å². The Bertz CT molecular complexity index is 7470. The largest absolute Gasteiger partial charge is 0.494 e. The first-order valence-corrected chi connectivity index (χ1v) is 49.5. The van der Waals surface area contributed by atoms with Gasteiger partial charge in [-0.1, -0.05) is 124 Å². The van der Waals surface area contributed by atoms with E-state index >= 15 is 0 Å². The van der Waals surface area contributed by atoms with Gasteiger partial charge in [0, 0.05) is 148 Å². The number of carbonyl (C=O) groups excluding carboxylic acids is 3. The number of benzene rings is 9. The van der Waals surface area contributed by atoms with Gasteiger partial charge in [0.1, 0.15) is 34.3 Å². The lowest BCUT2D eigenvalue weighted by Gasteiger charge is -2.40. The van der Waals surface area contributed by atoms with E-state index in [0.717, 1.165) is 199 Å². The monoisotopic (exact) mass is 2020 g/mol.